The first-order valence-corrected chi connectivity index (χ1v) is 8.93. The molecule has 0 aliphatic rings. The van der Waals surface area contributed by atoms with Crippen LogP contribution in [0.15, 0.2) is 53.4 Å². The molecule has 2 rings (SSSR count). The van der Waals surface area contributed by atoms with Gasteiger partial charge in [0, 0.05) is 0 Å². The van der Waals surface area contributed by atoms with Gasteiger partial charge in [0.15, 0.2) is 0 Å². The standard InChI is InChI=1S/C17H15NO8S/c19-15(20)9-18(10-16(21)22)27(25,26)14-6-4-11(5-7-14)12-2-1-3-13(8-12)17(23)24/h1-8H,9-10H2,(H,19,20)(H,21,22)(H,23,24). The summed E-state index contributed by atoms with van der Waals surface area (Å²) in [5, 5.41) is 26.7. The molecule has 27 heavy (non-hydrogen) atoms. The first kappa shape index (κ1) is 20.1. The Balaban J connectivity index is 2.37. The van der Waals surface area contributed by atoms with Gasteiger partial charge in [-0.15, -0.1) is 0 Å². The first-order chi connectivity index (χ1) is 12.6. The number of benzene rings is 2. The van der Waals surface area contributed by atoms with Gasteiger partial charge in [0.25, 0.3) is 0 Å². The zero-order valence-corrected chi connectivity index (χ0v) is 14.6. The van der Waals surface area contributed by atoms with Gasteiger partial charge in [-0.3, -0.25) is 9.59 Å². The van der Waals surface area contributed by atoms with Crippen LogP contribution in [0.5, 0.6) is 0 Å². The van der Waals surface area contributed by atoms with E-state index in [1.165, 1.54) is 36.4 Å². The zero-order valence-electron chi connectivity index (χ0n) is 13.8. The SMILES string of the molecule is O=C(O)CN(CC(=O)O)S(=O)(=O)c1ccc(-c2cccc(C(=O)O)c2)cc1. The average Bonchev–Trinajstić information content (AvgIpc) is 2.60. The second-order valence-corrected chi connectivity index (χ2v) is 7.41. The lowest BCUT2D eigenvalue weighted by molar-refractivity contribution is -0.139. The van der Waals surface area contributed by atoms with E-state index in [4.69, 9.17) is 15.3 Å². The molecule has 0 saturated carbocycles. The molecule has 0 saturated heterocycles. The molecule has 0 bridgehead atoms. The molecule has 10 heteroatoms. The lowest BCUT2D eigenvalue weighted by Gasteiger charge is -2.18. The topological polar surface area (TPSA) is 149 Å². The summed E-state index contributed by atoms with van der Waals surface area (Å²) in [4.78, 5) is 32.5. The number of hydrogen-bond donors (Lipinski definition) is 3. The van der Waals surface area contributed by atoms with Gasteiger partial charge in [0.05, 0.1) is 10.5 Å². The summed E-state index contributed by atoms with van der Waals surface area (Å²) in [6, 6.07) is 11.3. The summed E-state index contributed by atoms with van der Waals surface area (Å²) in [7, 11) is -4.33. The van der Waals surface area contributed by atoms with Crippen molar-refractivity contribution in [1.82, 2.24) is 4.31 Å². The average molecular weight is 393 g/mol. The summed E-state index contributed by atoms with van der Waals surface area (Å²) in [5.41, 5.74) is 1.16. The van der Waals surface area contributed by atoms with E-state index < -0.39 is 41.0 Å². The van der Waals surface area contributed by atoms with Gasteiger partial charge >= 0.3 is 17.9 Å². The fourth-order valence-electron chi connectivity index (χ4n) is 2.33. The van der Waals surface area contributed by atoms with Crippen LogP contribution in [0.4, 0.5) is 0 Å². The minimum atomic E-state index is -4.33. The number of aromatic carboxylic acids is 1. The molecule has 0 aromatic heterocycles. The third-order valence-electron chi connectivity index (χ3n) is 3.56. The molecule has 142 valence electrons. The van der Waals surface area contributed by atoms with Gasteiger partial charge in [0.2, 0.25) is 10.0 Å². The molecule has 0 unspecified atom stereocenters. The van der Waals surface area contributed by atoms with Gasteiger partial charge in [0.1, 0.15) is 13.1 Å². The lowest BCUT2D eigenvalue weighted by atomic mass is 10.0. The van der Waals surface area contributed by atoms with Gasteiger partial charge in [-0.1, -0.05) is 24.3 Å². The monoisotopic (exact) mass is 393 g/mol. The highest BCUT2D eigenvalue weighted by atomic mass is 32.2. The van der Waals surface area contributed by atoms with Crippen molar-refractivity contribution < 1.29 is 38.1 Å². The number of aliphatic carboxylic acids is 2. The molecule has 0 radical (unpaired) electrons. The summed E-state index contributed by atoms with van der Waals surface area (Å²) in [5.74, 6) is -4.07. The Morgan fingerprint density at radius 3 is 1.85 bits per heavy atom. The van der Waals surface area contributed by atoms with Crippen LogP contribution >= 0.6 is 0 Å². The number of hydrogen-bond acceptors (Lipinski definition) is 5. The number of sulfonamides is 1. The highest BCUT2D eigenvalue weighted by molar-refractivity contribution is 7.89. The van der Waals surface area contributed by atoms with Gasteiger partial charge < -0.3 is 15.3 Å². The van der Waals surface area contributed by atoms with Crippen LogP contribution in [0.3, 0.4) is 0 Å². The predicted molar refractivity (Wildman–Crippen MR) is 92.9 cm³/mol. The number of carboxylic acid groups (broad SMARTS) is 3. The van der Waals surface area contributed by atoms with Crippen molar-refractivity contribution in [1.29, 1.82) is 0 Å². The Hall–Kier alpha value is -3.24. The van der Waals surface area contributed by atoms with Crippen molar-refractivity contribution in [3.05, 3.63) is 54.1 Å². The Bertz CT molecular complexity index is 966. The Morgan fingerprint density at radius 1 is 0.815 bits per heavy atom. The third kappa shape index (κ3) is 4.90. The van der Waals surface area contributed by atoms with E-state index in [1.807, 2.05) is 0 Å². The van der Waals surface area contributed by atoms with Gasteiger partial charge in [-0.25, -0.2) is 13.2 Å². The van der Waals surface area contributed by atoms with Crippen molar-refractivity contribution in [3.8, 4) is 11.1 Å². The molecule has 0 aliphatic heterocycles. The summed E-state index contributed by atoms with van der Waals surface area (Å²) >= 11 is 0. The molecule has 3 N–H and O–H groups in total. The Morgan fingerprint density at radius 2 is 1.37 bits per heavy atom. The van der Waals surface area contributed by atoms with Gasteiger partial charge in [-0.2, -0.15) is 4.31 Å². The largest absolute Gasteiger partial charge is 0.480 e. The van der Waals surface area contributed by atoms with Gasteiger partial charge in [-0.05, 0) is 35.4 Å². The van der Waals surface area contributed by atoms with Crippen molar-refractivity contribution in [3.63, 3.8) is 0 Å². The highest BCUT2D eigenvalue weighted by Crippen LogP contribution is 2.24. The molecular weight excluding hydrogens is 378 g/mol. The minimum Gasteiger partial charge on any atom is -0.480 e. The molecule has 0 fully saturated rings. The zero-order chi connectivity index (χ0) is 20.2. The maximum atomic E-state index is 12.5. The van der Waals surface area contributed by atoms with Crippen molar-refractivity contribution in [2.75, 3.05) is 13.1 Å². The van der Waals surface area contributed by atoms with Crippen LogP contribution in [0, 0.1) is 0 Å². The maximum absolute atomic E-state index is 12.5. The van der Waals surface area contributed by atoms with Crippen LogP contribution in [0.25, 0.3) is 11.1 Å². The Kier molecular flexibility index (Phi) is 5.93. The van der Waals surface area contributed by atoms with E-state index in [0.717, 1.165) is 0 Å². The molecule has 0 atom stereocenters. The molecular formula is C17H15NO8S. The molecule has 0 amide bonds. The Labute approximate surface area is 154 Å². The summed E-state index contributed by atoms with van der Waals surface area (Å²) < 4.78 is 25.4. The number of carboxylic acids is 3. The van der Waals surface area contributed by atoms with Crippen LogP contribution in [0.2, 0.25) is 0 Å². The molecule has 2 aromatic carbocycles. The number of carbonyl (C=O) groups is 3. The molecule has 0 aliphatic carbocycles. The van der Waals surface area contributed by atoms with E-state index in [1.54, 1.807) is 12.1 Å². The molecule has 0 heterocycles. The van der Waals surface area contributed by atoms with E-state index in [2.05, 4.69) is 0 Å². The second-order valence-electron chi connectivity index (χ2n) is 5.47. The van der Waals surface area contributed by atoms with Crippen LogP contribution in [-0.2, 0) is 19.6 Å². The molecule has 2 aromatic rings. The summed E-state index contributed by atoms with van der Waals surface area (Å²) in [6.07, 6.45) is 0. The van der Waals surface area contributed by atoms with Crippen molar-refractivity contribution >= 4 is 27.9 Å². The second kappa shape index (κ2) is 7.98. The van der Waals surface area contributed by atoms with Crippen LogP contribution in [0.1, 0.15) is 10.4 Å². The smallest absolute Gasteiger partial charge is 0.335 e. The van der Waals surface area contributed by atoms with Crippen LogP contribution in [-0.4, -0.2) is 59.0 Å². The quantitative estimate of drug-likeness (QED) is 0.606. The molecule has 9 nitrogen and oxygen atoms in total. The predicted octanol–water partition coefficient (Wildman–Crippen LogP) is 1.21. The van der Waals surface area contributed by atoms with Crippen molar-refractivity contribution in [2.45, 2.75) is 4.90 Å². The fraction of sp³-hybridized carbons (Fsp3) is 0.118. The van der Waals surface area contributed by atoms with Crippen LogP contribution < -0.4 is 0 Å². The van der Waals surface area contributed by atoms with Crippen molar-refractivity contribution in [2.24, 2.45) is 0 Å². The number of nitrogens with zero attached hydrogens (tertiary/aromatic N) is 1. The highest BCUT2D eigenvalue weighted by Gasteiger charge is 2.28. The summed E-state index contributed by atoms with van der Waals surface area (Å²) in [6.45, 7) is -1.98. The third-order valence-corrected chi connectivity index (χ3v) is 5.36. The number of rotatable bonds is 8. The minimum absolute atomic E-state index is 0.0679. The van der Waals surface area contributed by atoms with E-state index in [-0.39, 0.29) is 10.5 Å². The van der Waals surface area contributed by atoms with E-state index in [9.17, 15) is 22.8 Å². The first-order valence-electron chi connectivity index (χ1n) is 7.49. The normalized spacial score (nSPS) is 11.3. The molecule has 0 spiro atoms. The maximum Gasteiger partial charge on any atom is 0.335 e. The fourth-order valence-corrected chi connectivity index (χ4v) is 3.67. The van der Waals surface area contributed by atoms with E-state index in [0.29, 0.717) is 15.4 Å². The lowest BCUT2D eigenvalue weighted by Crippen LogP contribution is -2.39. The van der Waals surface area contributed by atoms with E-state index >= 15 is 0 Å².